The average Bonchev–Trinajstić information content (AvgIpc) is 2.96. The highest BCUT2D eigenvalue weighted by molar-refractivity contribution is 5.95. The largest absolute Gasteiger partial charge is 0.469 e. The highest BCUT2D eigenvalue weighted by Gasteiger charge is 2.42. The molecule has 2 amide bonds. The molecule has 0 radical (unpaired) electrons. The first-order chi connectivity index (χ1) is 17.5. The lowest BCUT2D eigenvalue weighted by Crippen LogP contribution is -2.50. The molecule has 4 rings (SSSR count). The van der Waals surface area contributed by atoms with Crippen molar-refractivity contribution in [3.63, 3.8) is 0 Å². The minimum absolute atomic E-state index is 0.00745. The van der Waals surface area contributed by atoms with E-state index in [0.29, 0.717) is 37.2 Å². The number of ether oxygens (including phenoxy) is 2. The van der Waals surface area contributed by atoms with Gasteiger partial charge in [0, 0.05) is 37.4 Å². The molecule has 2 N–H and O–H groups in total. The molecule has 2 saturated carbocycles. The molecule has 0 atom stereocenters. The van der Waals surface area contributed by atoms with Gasteiger partial charge in [0.15, 0.2) is 0 Å². The summed E-state index contributed by atoms with van der Waals surface area (Å²) < 4.78 is 10.9. The number of amides is 2. The fraction of sp³-hybridized carbons (Fsp3) is 0.679. The van der Waals surface area contributed by atoms with Gasteiger partial charge < -0.3 is 14.4 Å². The molecular weight excluding hydrogens is 458 g/mol. The number of piperidine rings is 1. The molecule has 1 aliphatic heterocycles. The number of methoxy groups -OCH3 is 2. The van der Waals surface area contributed by atoms with Crippen molar-refractivity contribution < 1.29 is 23.9 Å². The Morgan fingerprint density at radius 2 is 1.44 bits per heavy atom. The van der Waals surface area contributed by atoms with E-state index < -0.39 is 0 Å². The van der Waals surface area contributed by atoms with Crippen LogP contribution in [-0.4, -0.2) is 50.7 Å². The second kappa shape index (κ2) is 12.1. The van der Waals surface area contributed by atoms with Crippen LogP contribution < -0.4 is 15.8 Å². The van der Waals surface area contributed by atoms with E-state index in [1.54, 1.807) is 12.1 Å². The molecule has 3 fully saturated rings. The molecule has 1 heterocycles. The van der Waals surface area contributed by atoms with E-state index >= 15 is 0 Å². The molecule has 3 aliphatic rings. The minimum atomic E-state index is -0.340. The minimum Gasteiger partial charge on any atom is -0.469 e. The predicted molar refractivity (Wildman–Crippen MR) is 137 cm³/mol. The normalized spacial score (nSPS) is 24.6. The first kappa shape index (κ1) is 26.5. The summed E-state index contributed by atoms with van der Waals surface area (Å²) in [5.74, 6) is -0.436. The standard InChI is InChI=1S/C28H41N3O5/c1-35-27(34)22-10-8-20(9-11-22)25(32)29-30-26(33)21-12-14-24(15-13-21)31-18-16-28(36-2,17-19-31)23-6-4-3-5-7-23/h12-15,20,22-23H,3-11,16-19H2,1-2H3,(H,29,32)(H,30,33)/t20-,22-. The third-order valence-corrected chi connectivity index (χ3v) is 8.79. The zero-order chi connectivity index (χ0) is 25.5. The summed E-state index contributed by atoms with van der Waals surface area (Å²) in [5, 5.41) is 0. The van der Waals surface area contributed by atoms with E-state index in [4.69, 9.17) is 9.47 Å². The zero-order valence-electron chi connectivity index (χ0n) is 21.7. The molecular formula is C28H41N3O5. The van der Waals surface area contributed by atoms with E-state index in [2.05, 4.69) is 15.8 Å². The molecule has 36 heavy (non-hydrogen) atoms. The topological polar surface area (TPSA) is 97.0 Å². The molecule has 8 heteroatoms. The maximum absolute atomic E-state index is 12.6. The number of nitrogens with zero attached hydrogens (tertiary/aromatic N) is 1. The number of carbonyl (C=O) groups is 3. The number of nitrogens with one attached hydrogen (secondary N) is 2. The number of esters is 1. The predicted octanol–water partition coefficient (Wildman–Crippen LogP) is 3.99. The Balaban J connectivity index is 1.23. The van der Waals surface area contributed by atoms with Crippen LogP contribution in [0.4, 0.5) is 5.69 Å². The summed E-state index contributed by atoms with van der Waals surface area (Å²) in [5.41, 5.74) is 6.70. The van der Waals surface area contributed by atoms with Crippen LogP contribution in [0, 0.1) is 17.8 Å². The maximum atomic E-state index is 12.6. The van der Waals surface area contributed by atoms with E-state index in [-0.39, 0.29) is 35.2 Å². The van der Waals surface area contributed by atoms with Crippen molar-refractivity contribution in [1.29, 1.82) is 0 Å². The fourth-order valence-electron chi connectivity index (χ4n) is 6.43. The summed E-state index contributed by atoms with van der Waals surface area (Å²) in [6.07, 6.45) is 11.1. The third kappa shape index (κ3) is 6.02. The molecule has 0 unspecified atom stereocenters. The molecule has 1 aromatic carbocycles. The number of hydrogen-bond donors (Lipinski definition) is 2. The molecule has 1 aromatic rings. The van der Waals surface area contributed by atoms with Gasteiger partial charge in [-0.15, -0.1) is 0 Å². The lowest BCUT2D eigenvalue weighted by molar-refractivity contribution is -0.147. The van der Waals surface area contributed by atoms with Gasteiger partial charge in [0.25, 0.3) is 5.91 Å². The lowest BCUT2D eigenvalue weighted by atomic mass is 9.72. The molecule has 8 nitrogen and oxygen atoms in total. The van der Waals surface area contributed by atoms with Crippen LogP contribution >= 0.6 is 0 Å². The molecule has 2 aliphatic carbocycles. The Morgan fingerprint density at radius 1 is 0.833 bits per heavy atom. The van der Waals surface area contributed by atoms with Gasteiger partial charge in [-0.3, -0.25) is 25.2 Å². The SMILES string of the molecule is COC(=O)[C@H]1CC[C@H](C(=O)NNC(=O)c2ccc(N3CCC(OC)(C4CCCCC4)CC3)cc2)CC1. The van der Waals surface area contributed by atoms with Crippen molar-refractivity contribution >= 4 is 23.5 Å². The summed E-state index contributed by atoms with van der Waals surface area (Å²) in [7, 11) is 3.27. The van der Waals surface area contributed by atoms with Gasteiger partial charge in [0.05, 0.1) is 18.6 Å². The third-order valence-electron chi connectivity index (χ3n) is 8.79. The van der Waals surface area contributed by atoms with E-state index in [1.165, 1.54) is 39.2 Å². The van der Waals surface area contributed by atoms with Crippen molar-refractivity contribution in [2.24, 2.45) is 17.8 Å². The lowest BCUT2D eigenvalue weighted by Gasteiger charge is -2.47. The van der Waals surface area contributed by atoms with Gasteiger partial charge in [-0.05, 0) is 81.5 Å². The average molecular weight is 500 g/mol. The van der Waals surface area contributed by atoms with Crippen LogP contribution in [0.3, 0.4) is 0 Å². The Hall–Kier alpha value is -2.61. The van der Waals surface area contributed by atoms with Crippen LogP contribution in [-0.2, 0) is 19.1 Å². The Bertz CT molecular complexity index is 896. The van der Waals surface area contributed by atoms with Crippen molar-refractivity contribution in [3.8, 4) is 0 Å². The number of carbonyl (C=O) groups excluding carboxylic acids is 3. The van der Waals surface area contributed by atoms with Crippen molar-refractivity contribution in [2.45, 2.75) is 76.2 Å². The number of anilines is 1. The maximum Gasteiger partial charge on any atom is 0.308 e. The Morgan fingerprint density at radius 3 is 2.03 bits per heavy atom. The first-order valence-corrected chi connectivity index (χ1v) is 13.5. The summed E-state index contributed by atoms with van der Waals surface area (Å²) in [6.45, 7) is 1.90. The molecule has 0 aromatic heterocycles. The first-order valence-electron chi connectivity index (χ1n) is 13.5. The summed E-state index contributed by atoms with van der Waals surface area (Å²) >= 11 is 0. The number of benzene rings is 1. The second-order valence-electron chi connectivity index (χ2n) is 10.7. The van der Waals surface area contributed by atoms with Crippen LogP contribution in [0.1, 0.15) is 81.0 Å². The molecule has 0 spiro atoms. The number of hydrazine groups is 1. The van der Waals surface area contributed by atoms with Crippen LogP contribution in [0.5, 0.6) is 0 Å². The van der Waals surface area contributed by atoms with Gasteiger partial charge in [-0.2, -0.15) is 0 Å². The summed E-state index contributed by atoms with van der Waals surface area (Å²) in [4.78, 5) is 39.1. The van der Waals surface area contributed by atoms with E-state index in [1.807, 2.05) is 19.2 Å². The van der Waals surface area contributed by atoms with Gasteiger partial charge in [-0.1, -0.05) is 19.3 Å². The Kier molecular flexibility index (Phi) is 8.88. The van der Waals surface area contributed by atoms with Crippen molar-refractivity contribution in [2.75, 3.05) is 32.2 Å². The number of rotatable bonds is 6. The summed E-state index contributed by atoms with van der Waals surface area (Å²) in [6, 6.07) is 7.56. The van der Waals surface area contributed by atoms with Crippen LogP contribution in [0.15, 0.2) is 24.3 Å². The molecule has 1 saturated heterocycles. The van der Waals surface area contributed by atoms with Crippen LogP contribution in [0.25, 0.3) is 0 Å². The fourth-order valence-corrected chi connectivity index (χ4v) is 6.43. The van der Waals surface area contributed by atoms with E-state index in [0.717, 1.165) is 31.6 Å². The molecule has 0 bridgehead atoms. The Labute approximate surface area is 214 Å². The monoisotopic (exact) mass is 499 g/mol. The smallest absolute Gasteiger partial charge is 0.308 e. The quantitative estimate of drug-likeness (QED) is 0.454. The highest BCUT2D eigenvalue weighted by atomic mass is 16.5. The van der Waals surface area contributed by atoms with Gasteiger partial charge in [0.1, 0.15) is 0 Å². The van der Waals surface area contributed by atoms with Gasteiger partial charge >= 0.3 is 5.97 Å². The zero-order valence-corrected chi connectivity index (χ0v) is 21.7. The van der Waals surface area contributed by atoms with Crippen molar-refractivity contribution in [1.82, 2.24) is 10.9 Å². The molecule has 198 valence electrons. The van der Waals surface area contributed by atoms with E-state index in [9.17, 15) is 14.4 Å². The van der Waals surface area contributed by atoms with Gasteiger partial charge in [0.2, 0.25) is 5.91 Å². The number of hydrogen-bond acceptors (Lipinski definition) is 6. The second-order valence-corrected chi connectivity index (χ2v) is 10.7. The highest BCUT2D eigenvalue weighted by Crippen LogP contribution is 2.42. The van der Waals surface area contributed by atoms with Gasteiger partial charge in [-0.25, -0.2) is 0 Å². The van der Waals surface area contributed by atoms with Crippen molar-refractivity contribution in [3.05, 3.63) is 29.8 Å². The van der Waals surface area contributed by atoms with Crippen LogP contribution in [0.2, 0.25) is 0 Å².